The lowest BCUT2D eigenvalue weighted by Crippen LogP contribution is -2.21. The minimum atomic E-state index is 1.25. The summed E-state index contributed by atoms with van der Waals surface area (Å²) in [5, 5.41) is 3.28. The van der Waals surface area contributed by atoms with Crippen molar-refractivity contribution in [1.82, 2.24) is 5.32 Å². The normalized spacial score (nSPS) is 18.8. The van der Waals surface area contributed by atoms with Gasteiger partial charge in [-0.3, -0.25) is 4.66 Å². The van der Waals surface area contributed by atoms with Crippen LogP contribution < -0.4 is 5.32 Å². The highest BCUT2D eigenvalue weighted by Gasteiger charge is 1.93. The van der Waals surface area contributed by atoms with Crippen molar-refractivity contribution in [3.63, 3.8) is 0 Å². The van der Waals surface area contributed by atoms with Crippen molar-refractivity contribution in [3.05, 3.63) is 0 Å². The maximum Gasteiger partial charge on any atom is 0.0579 e. The molecule has 0 radical (unpaired) electrons. The van der Waals surface area contributed by atoms with Crippen molar-refractivity contribution in [1.29, 1.82) is 0 Å². The first-order valence-corrected chi connectivity index (χ1v) is 3.21. The van der Waals surface area contributed by atoms with Crippen molar-refractivity contribution >= 4 is 11.9 Å². The Morgan fingerprint density at radius 2 is 1.50 bits per heavy atom. The van der Waals surface area contributed by atoms with E-state index in [1.54, 1.807) is 0 Å². The Morgan fingerprint density at radius 3 is 1.62 bits per heavy atom. The smallest absolute Gasteiger partial charge is 0.0579 e. The summed E-state index contributed by atoms with van der Waals surface area (Å²) in [6.45, 7) is 2.50. The lowest BCUT2D eigenvalue weighted by molar-refractivity contribution is 0.520. The Hall–Kier alpha value is 0.210. The van der Waals surface area contributed by atoms with Crippen molar-refractivity contribution in [2.75, 3.05) is 13.1 Å². The number of halogens is 1. The number of hydrogen-bond donors (Lipinski definition) is 2. The van der Waals surface area contributed by atoms with Crippen molar-refractivity contribution in [3.8, 4) is 0 Å². The fourth-order valence-electron chi connectivity index (χ4n) is 0.802. The van der Waals surface area contributed by atoms with Crippen LogP contribution in [0.15, 0.2) is 0 Å². The molecule has 0 unspecified atom stereocenters. The zero-order valence-electron chi connectivity index (χ0n) is 4.86. The van der Waals surface area contributed by atoms with E-state index >= 15 is 0 Å². The highest BCUT2D eigenvalue weighted by Crippen LogP contribution is 1.96. The topological polar surface area (TPSA) is 32.3 Å². The molecule has 0 bridgehead atoms. The molecule has 50 valence electrons. The van der Waals surface area contributed by atoms with E-state index in [0.717, 1.165) is 0 Å². The summed E-state index contributed by atoms with van der Waals surface area (Å²) in [6, 6.07) is 0. The molecule has 0 aromatic rings. The lowest BCUT2D eigenvalue weighted by Gasteiger charge is -2.08. The monoisotopic (exact) mass is 137 g/mol. The molecule has 0 saturated carbocycles. The summed E-state index contributed by atoms with van der Waals surface area (Å²) in [6.07, 6.45) is 4.22. The molecule has 0 atom stereocenters. The summed E-state index contributed by atoms with van der Waals surface area (Å²) >= 11 is 3.64. The summed E-state index contributed by atoms with van der Waals surface area (Å²) < 4.78 is 6.47. The van der Waals surface area contributed by atoms with Gasteiger partial charge in [-0.05, 0) is 25.9 Å². The van der Waals surface area contributed by atoms with Gasteiger partial charge in [0.25, 0.3) is 0 Å². The van der Waals surface area contributed by atoms with Crippen LogP contribution in [0.2, 0.25) is 0 Å². The van der Waals surface area contributed by atoms with Gasteiger partial charge < -0.3 is 5.32 Å². The van der Waals surface area contributed by atoms with Crippen LogP contribution in [-0.4, -0.2) is 17.7 Å². The predicted molar refractivity (Wildman–Crippen MR) is 34.8 cm³/mol. The molecule has 1 rings (SSSR count). The first-order chi connectivity index (χ1) is 4.00. The molecule has 1 fully saturated rings. The molecule has 0 spiro atoms. The van der Waals surface area contributed by atoms with E-state index in [9.17, 15) is 0 Å². The van der Waals surface area contributed by atoms with E-state index in [0.29, 0.717) is 0 Å². The lowest BCUT2D eigenvalue weighted by atomic mass is 10.2. The van der Waals surface area contributed by atoms with E-state index < -0.39 is 0 Å². The third-order valence-corrected chi connectivity index (χ3v) is 1.21. The Labute approximate surface area is 55.0 Å². The SMILES string of the molecule is C1CCNCC1.OCl. The van der Waals surface area contributed by atoms with Gasteiger partial charge in [0.15, 0.2) is 0 Å². The largest absolute Gasteiger partial charge is 0.317 e. The van der Waals surface area contributed by atoms with Gasteiger partial charge >= 0.3 is 0 Å². The van der Waals surface area contributed by atoms with E-state index in [2.05, 4.69) is 17.2 Å². The zero-order valence-corrected chi connectivity index (χ0v) is 5.62. The number of hydrogen-bond acceptors (Lipinski definition) is 2. The molecular weight excluding hydrogens is 126 g/mol. The average Bonchev–Trinajstić information content (AvgIpc) is 1.96. The molecule has 1 aliphatic rings. The van der Waals surface area contributed by atoms with Gasteiger partial charge in [-0.25, -0.2) is 0 Å². The van der Waals surface area contributed by atoms with Gasteiger partial charge in [-0.2, -0.15) is 0 Å². The van der Waals surface area contributed by atoms with E-state index in [-0.39, 0.29) is 0 Å². The van der Waals surface area contributed by atoms with Gasteiger partial charge in [0.1, 0.15) is 0 Å². The van der Waals surface area contributed by atoms with Gasteiger partial charge in [-0.15, -0.1) is 0 Å². The van der Waals surface area contributed by atoms with Gasteiger partial charge in [0, 0.05) is 0 Å². The summed E-state index contributed by atoms with van der Waals surface area (Å²) in [5.74, 6) is 0. The average molecular weight is 138 g/mol. The number of nitrogens with one attached hydrogen (secondary N) is 1. The van der Waals surface area contributed by atoms with E-state index in [4.69, 9.17) is 4.66 Å². The van der Waals surface area contributed by atoms with Crippen LogP contribution in [0.1, 0.15) is 19.3 Å². The first-order valence-electron chi connectivity index (χ1n) is 2.88. The molecule has 0 amide bonds. The summed E-state index contributed by atoms with van der Waals surface area (Å²) in [4.78, 5) is 0. The molecule has 8 heavy (non-hydrogen) atoms. The van der Waals surface area contributed by atoms with E-state index in [1.165, 1.54) is 32.4 Å². The van der Waals surface area contributed by atoms with Crippen LogP contribution in [-0.2, 0) is 0 Å². The maximum atomic E-state index is 6.47. The van der Waals surface area contributed by atoms with Crippen molar-refractivity contribution < 1.29 is 4.66 Å². The standard InChI is InChI=1S/C5H11N.ClHO/c1-2-4-6-5-3-1;1-2/h6H,1-5H2;2H. The number of rotatable bonds is 0. The molecule has 1 aliphatic heterocycles. The second-order valence-electron chi connectivity index (χ2n) is 1.81. The fourth-order valence-corrected chi connectivity index (χ4v) is 0.802. The summed E-state index contributed by atoms with van der Waals surface area (Å²) in [5.41, 5.74) is 0. The van der Waals surface area contributed by atoms with Gasteiger partial charge in [0.2, 0.25) is 0 Å². The molecule has 0 aliphatic carbocycles. The minimum Gasteiger partial charge on any atom is -0.317 e. The Bertz CT molecular complexity index is 27.9. The molecule has 3 heteroatoms. The van der Waals surface area contributed by atoms with Crippen LogP contribution >= 0.6 is 11.9 Å². The number of piperidine rings is 1. The zero-order chi connectivity index (χ0) is 6.24. The Morgan fingerprint density at radius 1 is 1.00 bits per heavy atom. The second kappa shape index (κ2) is 7.21. The molecule has 2 N–H and O–H groups in total. The predicted octanol–water partition coefficient (Wildman–Crippen LogP) is 0.892. The molecule has 1 saturated heterocycles. The maximum absolute atomic E-state index is 6.47. The molecule has 0 aromatic heterocycles. The van der Waals surface area contributed by atoms with Crippen LogP contribution in [0.5, 0.6) is 0 Å². The van der Waals surface area contributed by atoms with Crippen molar-refractivity contribution in [2.24, 2.45) is 0 Å². The molecule has 0 aromatic carbocycles. The fraction of sp³-hybridized carbons (Fsp3) is 1.00. The molecule has 1 heterocycles. The van der Waals surface area contributed by atoms with Gasteiger partial charge in [0.05, 0.1) is 11.9 Å². The van der Waals surface area contributed by atoms with Crippen LogP contribution in [0, 0.1) is 0 Å². The molecular formula is C5H12ClNO. The summed E-state index contributed by atoms with van der Waals surface area (Å²) in [7, 11) is 0. The van der Waals surface area contributed by atoms with E-state index in [1.807, 2.05) is 0 Å². The van der Waals surface area contributed by atoms with Gasteiger partial charge in [-0.1, -0.05) is 6.42 Å². The highest BCUT2D eigenvalue weighted by molar-refractivity contribution is 6.04. The second-order valence-corrected chi connectivity index (χ2v) is 1.81. The highest BCUT2D eigenvalue weighted by atomic mass is 35.5. The van der Waals surface area contributed by atoms with Crippen LogP contribution in [0.4, 0.5) is 0 Å². The van der Waals surface area contributed by atoms with Crippen LogP contribution in [0.25, 0.3) is 0 Å². The molecule has 2 nitrogen and oxygen atoms in total. The third kappa shape index (κ3) is 4.37. The third-order valence-electron chi connectivity index (χ3n) is 1.21. The quantitative estimate of drug-likeness (QED) is 0.520. The van der Waals surface area contributed by atoms with Crippen molar-refractivity contribution in [2.45, 2.75) is 19.3 Å². The first kappa shape index (κ1) is 8.21. The van der Waals surface area contributed by atoms with Crippen LogP contribution in [0.3, 0.4) is 0 Å². The Kier molecular flexibility index (Phi) is 7.40. The Balaban J connectivity index is 0.000000222. The minimum absolute atomic E-state index is 1.25.